The van der Waals surface area contributed by atoms with Crippen LogP contribution in [-0.4, -0.2) is 39.8 Å². The quantitative estimate of drug-likeness (QED) is 0.770. The Kier molecular flexibility index (Phi) is 4.55. The van der Waals surface area contributed by atoms with Gasteiger partial charge in [0.1, 0.15) is 12.4 Å². The van der Waals surface area contributed by atoms with Crippen LogP contribution < -0.4 is 13.9 Å². The topological polar surface area (TPSA) is 66.9 Å². The van der Waals surface area contributed by atoms with E-state index in [4.69, 9.17) is 4.74 Å². The molecule has 0 unspecified atom stereocenters. The van der Waals surface area contributed by atoms with E-state index in [0.29, 0.717) is 30.3 Å². The van der Waals surface area contributed by atoms with E-state index < -0.39 is 10.0 Å². The highest BCUT2D eigenvalue weighted by molar-refractivity contribution is 7.99. The van der Waals surface area contributed by atoms with Crippen molar-refractivity contribution < 1.29 is 17.9 Å². The minimum Gasteiger partial charge on any atom is -0.489 e. The molecule has 1 amide bonds. The van der Waals surface area contributed by atoms with Gasteiger partial charge in [-0.2, -0.15) is 0 Å². The molecule has 0 spiro atoms. The summed E-state index contributed by atoms with van der Waals surface area (Å²) >= 11 is 1.63. The number of fused-ring (bicyclic) bond motifs is 2. The van der Waals surface area contributed by atoms with Crippen LogP contribution >= 0.6 is 11.8 Å². The Hall–Kier alpha value is -2.19. The molecule has 142 valence electrons. The minimum absolute atomic E-state index is 0.0848. The van der Waals surface area contributed by atoms with Crippen molar-refractivity contribution in [1.29, 1.82) is 0 Å². The summed E-state index contributed by atoms with van der Waals surface area (Å²) in [6.45, 7) is 4.55. The van der Waals surface area contributed by atoms with Crippen LogP contribution in [0.3, 0.4) is 0 Å². The molecule has 2 aliphatic rings. The summed E-state index contributed by atoms with van der Waals surface area (Å²) in [5, 5.41) is 0. The SMILES string of the molecule is CC(=O)N1CCSc2ccc(S(=O)(=O)N3CCOc4ccc(C)cc43)cc21. The molecule has 0 fully saturated rings. The van der Waals surface area contributed by atoms with Crippen molar-refractivity contribution in [3.63, 3.8) is 0 Å². The second-order valence-electron chi connectivity index (χ2n) is 6.55. The average molecular weight is 405 g/mol. The van der Waals surface area contributed by atoms with Crippen LogP contribution in [0.4, 0.5) is 11.4 Å². The summed E-state index contributed by atoms with van der Waals surface area (Å²) in [5.41, 5.74) is 2.18. The van der Waals surface area contributed by atoms with Crippen molar-refractivity contribution in [2.75, 3.05) is 34.7 Å². The number of amides is 1. The van der Waals surface area contributed by atoms with E-state index in [0.717, 1.165) is 16.2 Å². The van der Waals surface area contributed by atoms with Crippen LogP contribution in [0.15, 0.2) is 46.2 Å². The summed E-state index contributed by atoms with van der Waals surface area (Å²) in [6.07, 6.45) is 0. The number of rotatable bonds is 2. The van der Waals surface area contributed by atoms with Crippen molar-refractivity contribution in [1.82, 2.24) is 0 Å². The number of hydrogen-bond donors (Lipinski definition) is 0. The zero-order chi connectivity index (χ0) is 19.2. The lowest BCUT2D eigenvalue weighted by atomic mass is 10.2. The van der Waals surface area contributed by atoms with Crippen LogP contribution in [0.25, 0.3) is 0 Å². The lowest BCUT2D eigenvalue weighted by Crippen LogP contribution is -2.38. The van der Waals surface area contributed by atoms with Crippen LogP contribution in [0.5, 0.6) is 5.75 Å². The Bertz CT molecular complexity index is 1020. The van der Waals surface area contributed by atoms with Gasteiger partial charge in [-0.1, -0.05) is 6.07 Å². The normalized spacial score (nSPS) is 16.4. The molecule has 4 rings (SSSR count). The molecule has 0 aromatic heterocycles. The van der Waals surface area contributed by atoms with Gasteiger partial charge in [-0.3, -0.25) is 9.10 Å². The van der Waals surface area contributed by atoms with Crippen molar-refractivity contribution in [2.45, 2.75) is 23.6 Å². The van der Waals surface area contributed by atoms with E-state index in [9.17, 15) is 13.2 Å². The van der Waals surface area contributed by atoms with Gasteiger partial charge in [0.25, 0.3) is 10.0 Å². The molecule has 2 aromatic carbocycles. The minimum atomic E-state index is -3.77. The molecule has 0 aliphatic carbocycles. The molecule has 0 N–H and O–H groups in total. The maximum atomic E-state index is 13.4. The average Bonchev–Trinajstić information content (AvgIpc) is 2.66. The fraction of sp³-hybridized carbons (Fsp3) is 0.316. The van der Waals surface area contributed by atoms with Gasteiger partial charge in [0.15, 0.2) is 0 Å². The first kappa shape index (κ1) is 18.2. The highest BCUT2D eigenvalue weighted by Gasteiger charge is 2.32. The molecule has 8 heteroatoms. The smallest absolute Gasteiger partial charge is 0.264 e. The zero-order valence-corrected chi connectivity index (χ0v) is 16.8. The zero-order valence-electron chi connectivity index (χ0n) is 15.1. The highest BCUT2D eigenvalue weighted by Crippen LogP contribution is 2.39. The lowest BCUT2D eigenvalue weighted by molar-refractivity contribution is -0.116. The first-order valence-electron chi connectivity index (χ1n) is 8.69. The molecule has 0 bridgehead atoms. The molecule has 27 heavy (non-hydrogen) atoms. The third-order valence-electron chi connectivity index (χ3n) is 4.70. The number of benzene rings is 2. The number of hydrogen-bond acceptors (Lipinski definition) is 5. The van der Waals surface area contributed by atoms with Gasteiger partial charge in [-0.15, -0.1) is 11.8 Å². The summed E-state index contributed by atoms with van der Waals surface area (Å²) < 4.78 is 33.8. The summed E-state index contributed by atoms with van der Waals surface area (Å²) in [7, 11) is -3.77. The van der Waals surface area contributed by atoms with Crippen molar-refractivity contribution in [3.05, 3.63) is 42.0 Å². The van der Waals surface area contributed by atoms with Gasteiger partial charge in [0, 0.05) is 24.1 Å². The van der Waals surface area contributed by atoms with Crippen molar-refractivity contribution in [2.24, 2.45) is 0 Å². The van der Waals surface area contributed by atoms with Gasteiger partial charge in [0.05, 0.1) is 22.8 Å². The fourth-order valence-corrected chi connectivity index (χ4v) is 5.81. The van der Waals surface area contributed by atoms with Crippen LogP contribution in [0.2, 0.25) is 0 Å². The number of carbonyl (C=O) groups excluding carboxylic acids is 1. The van der Waals surface area contributed by atoms with Crippen molar-refractivity contribution in [3.8, 4) is 5.75 Å². The van der Waals surface area contributed by atoms with Gasteiger partial charge in [-0.05, 0) is 42.8 Å². The number of carbonyl (C=O) groups is 1. The third-order valence-corrected chi connectivity index (χ3v) is 7.55. The number of ether oxygens (including phenoxy) is 1. The van der Waals surface area contributed by atoms with E-state index in [2.05, 4.69) is 0 Å². The molecule has 0 radical (unpaired) electrons. The van der Waals surface area contributed by atoms with E-state index in [1.165, 1.54) is 11.2 Å². The summed E-state index contributed by atoms with van der Waals surface area (Å²) in [5.74, 6) is 1.28. The second kappa shape index (κ2) is 6.76. The molecular formula is C19H20N2O4S2. The second-order valence-corrected chi connectivity index (χ2v) is 9.54. The molecule has 0 atom stereocenters. The van der Waals surface area contributed by atoms with Crippen LogP contribution in [0, 0.1) is 6.92 Å². The summed E-state index contributed by atoms with van der Waals surface area (Å²) in [4.78, 5) is 14.7. The van der Waals surface area contributed by atoms with Gasteiger partial charge in [0.2, 0.25) is 5.91 Å². The maximum Gasteiger partial charge on any atom is 0.264 e. The molecule has 2 aromatic rings. The highest BCUT2D eigenvalue weighted by atomic mass is 32.2. The monoisotopic (exact) mass is 404 g/mol. The Labute approximate surface area is 163 Å². The Morgan fingerprint density at radius 2 is 1.93 bits per heavy atom. The fourth-order valence-electron chi connectivity index (χ4n) is 3.37. The molecule has 2 aliphatic heterocycles. The molecule has 0 saturated heterocycles. The van der Waals surface area contributed by atoms with E-state index >= 15 is 0 Å². The number of aryl methyl sites for hydroxylation is 1. The van der Waals surface area contributed by atoms with E-state index in [-0.39, 0.29) is 17.3 Å². The Balaban J connectivity index is 1.79. The first-order valence-corrected chi connectivity index (χ1v) is 11.1. The molecule has 6 nitrogen and oxygen atoms in total. The Morgan fingerprint density at radius 1 is 1.11 bits per heavy atom. The van der Waals surface area contributed by atoms with E-state index in [1.807, 2.05) is 19.1 Å². The molecule has 0 saturated carbocycles. The Morgan fingerprint density at radius 3 is 2.70 bits per heavy atom. The predicted octanol–water partition coefficient (Wildman–Crippen LogP) is 3.04. The number of anilines is 2. The van der Waals surface area contributed by atoms with Gasteiger partial charge < -0.3 is 9.64 Å². The predicted molar refractivity (Wildman–Crippen MR) is 106 cm³/mol. The van der Waals surface area contributed by atoms with Crippen LogP contribution in [-0.2, 0) is 14.8 Å². The molecular weight excluding hydrogens is 384 g/mol. The lowest BCUT2D eigenvalue weighted by Gasteiger charge is -2.32. The van der Waals surface area contributed by atoms with E-state index in [1.54, 1.807) is 40.9 Å². The number of nitrogens with zero attached hydrogens (tertiary/aromatic N) is 2. The summed E-state index contributed by atoms with van der Waals surface area (Å²) in [6, 6.07) is 10.5. The largest absolute Gasteiger partial charge is 0.489 e. The first-order chi connectivity index (χ1) is 12.9. The standard InChI is InChI=1S/C19H20N2O4S2/c1-13-3-5-18-16(11-13)21(7-9-25-18)27(23,24)15-4-6-19-17(12-15)20(14(2)22)8-10-26-19/h3-6,11-12H,7-10H2,1-2H3. The maximum absolute atomic E-state index is 13.4. The molecule has 2 heterocycles. The number of thioether (sulfide) groups is 1. The van der Waals surface area contributed by atoms with Gasteiger partial charge >= 0.3 is 0 Å². The van der Waals surface area contributed by atoms with Crippen molar-refractivity contribution >= 4 is 39.1 Å². The number of sulfonamides is 1. The van der Waals surface area contributed by atoms with Crippen LogP contribution in [0.1, 0.15) is 12.5 Å². The van der Waals surface area contributed by atoms with Gasteiger partial charge in [-0.25, -0.2) is 8.42 Å². The third kappa shape index (κ3) is 3.17.